The van der Waals surface area contributed by atoms with E-state index in [2.05, 4.69) is 29.8 Å². The molecule has 1 aromatic heterocycles. The van der Waals surface area contributed by atoms with Crippen LogP contribution in [0, 0.1) is 6.92 Å². The molecule has 8 heteroatoms. The zero-order valence-corrected chi connectivity index (χ0v) is 25.8. The second-order valence-corrected chi connectivity index (χ2v) is 11.1. The van der Waals surface area contributed by atoms with Crippen molar-refractivity contribution < 1.29 is 14.2 Å². The number of halogens is 1. The van der Waals surface area contributed by atoms with Crippen molar-refractivity contribution in [3.8, 4) is 28.6 Å². The third-order valence-corrected chi connectivity index (χ3v) is 7.46. The Morgan fingerprint density at radius 2 is 1.67 bits per heavy atom. The second kappa shape index (κ2) is 12.6. The van der Waals surface area contributed by atoms with E-state index in [9.17, 15) is 4.79 Å². The number of hydrogen-bond donors (Lipinski definition) is 0. The van der Waals surface area contributed by atoms with Gasteiger partial charge in [0, 0.05) is 15.6 Å². The predicted octanol–water partition coefficient (Wildman–Crippen LogP) is 7.74. The van der Waals surface area contributed by atoms with Gasteiger partial charge in [0.15, 0.2) is 17.3 Å². The molecule has 5 aromatic rings. The van der Waals surface area contributed by atoms with Crippen molar-refractivity contribution in [2.75, 3.05) is 14.2 Å². The number of para-hydroxylation sites is 1. The summed E-state index contributed by atoms with van der Waals surface area (Å²) in [5.41, 5.74) is 4.70. The quantitative estimate of drug-likeness (QED) is 0.157. The van der Waals surface area contributed by atoms with Crippen LogP contribution >= 0.6 is 15.9 Å². The molecule has 0 aliphatic carbocycles. The molecule has 0 unspecified atom stereocenters. The summed E-state index contributed by atoms with van der Waals surface area (Å²) in [6.45, 7) is 6.53. The van der Waals surface area contributed by atoms with Crippen molar-refractivity contribution in [3.63, 3.8) is 0 Å². The van der Waals surface area contributed by atoms with Gasteiger partial charge in [0.05, 0.1) is 31.3 Å². The summed E-state index contributed by atoms with van der Waals surface area (Å²) in [5.74, 6) is 2.48. The zero-order chi connectivity index (χ0) is 29.8. The summed E-state index contributed by atoms with van der Waals surface area (Å²) < 4.78 is 19.7. The van der Waals surface area contributed by atoms with Crippen LogP contribution in [0.3, 0.4) is 0 Å². The molecule has 0 bridgehead atoms. The largest absolute Gasteiger partial charge is 0.496 e. The number of benzene rings is 4. The van der Waals surface area contributed by atoms with Crippen molar-refractivity contribution >= 4 is 33.0 Å². The molecule has 0 amide bonds. The minimum Gasteiger partial charge on any atom is -0.496 e. The van der Waals surface area contributed by atoms with Crippen LogP contribution in [0.1, 0.15) is 42.0 Å². The van der Waals surface area contributed by atoms with Crippen LogP contribution in [0.25, 0.3) is 22.3 Å². The van der Waals surface area contributed by atoms with Crippen LogP contribution in [0.15, 0.2) is 93.2 Å². The molecule has 42 heavy (non-hydrogen) atoms. The summed E-state index contributed by atoms with van der Waals surface area (Å²) in [6, 6.07) is 24.9. The standard InChI is InChI=1S/C34H32BrN3O4/c1-21(2)27-18-28(22(3)15-30(27)40-4)33-37-29-14-10-9-13-26(29)34(39)38(33)36-19-24-16-25(35)17-31(41-5)32(24)42-20-23-11-7-6-8-12-23/h6-19,21H,20H2,1-5H3. The summed E-state index contributed by atoms with van der Waals surface area (Å²) >= 11 is 3.56. The molecule has 5 rings (SSSR count). The first-order chi connectivity index (χ1) is 20.3. The van der Waals surface area contributed by atoms with E-state index in [4.69, 9.17) is 24.3 Å². The maximum absolute atomic E-state index is 13.9. The van der Waals surface area contributed by atoms with Crippen LogP contribution in [0.5, 0.6) is 17.2 Å². The molecule has 0 saturated carbocycles. The lowest BCUT2D eigenvalue weighted by atomic mass is 9.96. The SMILES string of the molecule is COc1cc(C)c(-c2nc3ccccc3c(=O)n2N=Cc2cc(Br)cc(OC)c2OCc2ccccc2)cc1C(C)C. The summed E-state index contributed by atoms with van der Waals surface area (Å²) in [7, 11) is 3.26. The molecule has 4 aromatic carbocycles. The van der Waals surface area contributed by atoms with Gasteiger partial charge in [0.25, 0.3) is 5.56 Å². The average molecular weight is 627 g/mol. The highest BCUT2D eigenvalue weighted by atomic mass is 79.9. The molecule has 0 saturated heterocycles. The number of aromatic nitrogens is 2. The summed E-state index contributed by atoms with van der Waals surface area (Å²) in [6.07, 6.45) is 1.61. The number of fused-ring (bicyclic) bond motifs is 1. The molecule has 0 N–H and O–H groups in total. The molecule has 0 radical (unpaired) electrons. The topological polar surface area (TPSA) is 74.9 Å². The zero-order valence-electron chi connectivity index (χ0n) is 24.2. The van der Waals surface area contributed by atoms with Crippen LogP contribution < -0.4 is 19.8 Å². The van der Waals surface area contributed by atoms with Crippen molar-refractivity contribution in [2.45, 2.75) is 33.3 Å². The normalized spacial score (nSPS) is 11.4. The predicted molar refractivity (Wildman–Crippen MR) is 171 cm³/mol. The van der Waals surface area contributed by atoms with E-state index in [-0.39, 0.29) is 11.5 Å². The number of hydrogen-bond acceptors (Lipinski definition) is 6. The van der Waals surface area contributed by atoms with E-state index in [1.165, 1.54) is 4.68 Å². The van der Waals surface area contributed by atoms with Gasteiger partial charge in [-0.3, -0.25) is 4.79 Å². The first kappa shape index (κ1) is 29.1. The Labute approximate surface area is 253 Å². The lowest BCUT2D eigenvalue weighted by Gasteiger charge is -2.17. The molecule has 0 aliphatic heterocycles. The highest BCUT2D eigenvalue weighted by Crippen LogP contribution is 2.36. The fraction of sp³-hybridized carbons (Fsp3) is 0.206. The van der Waals surface area contributed by atoms with E-state index in [1.807, 2.05) is 79.7 Å². The van der Waals surface area contributed by atoms with Crippen LogP contribution in [0.4, 0.5) is 0 Å². The fourth-order valence-electron chi connectivity index (χ4n) is 4.81. The molecule has 0 spiro atoms. The number of nitrogens with zero attached hydrogens (tertiary/aromatic N) is 3. The van der Waals surface area contributed by atoms with Gasteiger partial charge in [0.1, 0.15) is 12.4 Å². The van der Waals surface area contributed by atoms with E-state index in [1.54, 1.807) is 26.5 Å². The van der Waals surface area contributed by atoms with Gasteiger partial charge in [-0.15, -0.1) is 0 Å². The molecular formula is C34H32BrN3O4. The lowest BCUT2D eigenvalue weighted by Crippen LogP contribution is -2.21. The van der Waals surface area contributed by atoms with Crippen molar-refractivity contribution in [1.29, 1.82) is 0 Å². The molecule has 1 heterocycles. The maximum Gasteiger partial charge on any atom is 0.282 e. The highest BCUT2D eigenvalue weighted by molar-refractivity contribution is 9.10. The lowest BCUT2D eigenvalue weighted by molar-refractivity contribution is 0.284. The number of methoxy groups -OCH3 is 2. The third kappa shape index (κ3) is 5.94. The molecule has 0 aliphatic rings. The van der Waals surface area contributed by atoms with Gasteiger partial charge in [-0.25, -0.2) is 4.98 Å². The highest BCUT2D eigenvalue weighted by Gasteiger charge is 2.19. The minimum atomic E-state index is -0.276. The number of aryl methyl sites for hydroxylation is 1. The van der Waals surface area contributed by atoms with Gasteiger partial charge in [-0.1, -0.05) is 72.2 Å². The van der Waals surface area contributed by atoms with E-state index >= 15 is 0 Å². The first-order valence-corrected chi connectivity index (χ1v) is 14.4. The Kier molecular flexibility index (Phi) is 8.73. The molecule has 214 valence electrons. The Morgan fingerprint density at radius 1 is 0.952 bits per heavy atom. The Balaban J connectivity index is 1.69. The Morgan fingerprint density at radius 3 is 2.38 bits per heavy atom. The van der Waals surface area contributed by atoms with Gasteiger partial charge in [-0.2, -0.15) is 9.78 Å². The van der Waals surface area contributed by atoms with Crippen LogP contribution in [0.2, 0.25) is 0 Å². The van der Waals surface area contributed by atoms with Gasteiger partial charge in [0.2, 0.25) is 0 Å². The van der Waals surface area contributed by atoms with E-state index in [0.29, 0.717) is 40.4 Å². The first-order valence-electron chi connectivity index (χ1n) is 13.6. The smallest absolute Gasteiger partial charge is 0.282 e. The van der Waals surface area contributed by atoms with Gasteiger partial charge < -0.3 is 14.2 Å². The summed E-state index contributed by atoms with van der Waals surface area (Å²) in [5, 5.41) is 5.20. The molecule has 0 atom stereocenters. The monoisotopic (exact) mass is 625 g/mol. The number of rotatable bonds is 9. The van der Waals surface area contributed by atoms with Crippen molar-refractivity contribution in [2.24, 2.45) is 5.10 Å². The maximum atomic E-state index is 13.9. The van der Waals surface area contributed by atoms with Crippen LogP contribution in [-0.2, 0) is 6.61 Å². The second-order valence-electron chi connectivity index (χ2n) is 10.2. The Hall–Kier alpha value is -4.43. The third-order valence-electron chi connectivity index (χ3n) is 7.00. The Bertz CT molecular complexity index is 1830. The van der Waals surface area contributed by atoms with Gasteiger partial charge >= 0.3 is 0 Å². The van der Waals surface area contributed by atoms with Gasteiger partial charge in [-0.05, 0) is 65.9 Å². The minimum absolute atomic E-state index is 0.196. The van der Waals surface area contributed by atoms with Crippen molar-refractivity contribution in [3.05, 3.63) is 116 Å². The molecule has 7 nitrogen and oxygen atoms in total. The summed E-state index contributed by atoms with van der Waals surface area (Å²) in [4.78, 5) is 18.8. The average Bonchev–Trinajstić information content (AvgIpc) is 2.99. The van der Waals surface area contributed by atoms with Crippen molar-refractivity contribution in [1.82, 2.24) is 9.66 Å². The fourth-order valence-corrected chi connectivity index (χ4v) is 5.27. The number of ether oxygens (including phenoxy) is 3. The van der Waals surface area contributed by atoms with E-state index in [0.717, 1.165) is 32.5 Å². The molecule has 0 fully saturated rings. The van der Waals surface area contributed by atoms with Crippen LogP contribution in [-0.4, -0.2) is 30.1 Å². The molecular weight excluding hydrogens is 594 g/mol. The van der Waals surface area contributed by atoms with E-state index < -0.39 is 0 Å².